The third-order valence-corrected chi connectivity index (χ3v) is 12.5. The first-order valence-electron chi connectivity index (χ1n) is 8.46. The summed E-state index contributed by atoms with van der Waals surface area (Å²) in [6, 6.07) is 11.2. The third kappa shape index (κ3) is 4.09. The molecule has 1 unspecified atom stereocenters. The quantitative estimate of drug-likeness (QED) is 0.744. The number of nitrogens with one attached hydrogen (secondary N) is 1. The van der Waals surface area contributed by atoms with Crippen LogP contribution in [0, 0.1) is 5.92 Å². The van der Waals surface area contributed by atoms with Crippen LogP contribution in [0.1, 0.15) is 26.7 Å². The summed E-state index contributed by atoms with van der Waals surface area (Å²) < 4.78 is 4.17. The molecule has 0 spiro atoms. The van der Waals surface area contributed by atoms with E-state index in [9.17, 15) is 0 Å². The molecule has 2 rings (SSSR count). The van der Waals surface area contributed by atoms with Gasteiger partial charge in [0, 0.05) is 0 Å². The number of hydrogen-bond donors (Lipinski definition) is 1. The summed E-state index contributed by atoms with van der Waals surface area (Å²) >= 11 is 0. The van der Waals surface area contributed by atoms with Crippen LogP contribution in [0.5, 0.6) is 0 Å². The van der Waals surface area contributed by atoms with Crippen LogP contribution in [0.15, 0.2) is 53.3 Å². The summed E-state index contributed by atoms with van der Waals surface area (Å²) in [5.74, 6) is 0.716. The molecule has 0 aliphatic heterocycles. The minimum atomic E-state index is -1.83. The summed E-state index contributed by atoms with van der Waals surface area (Å²) in [4.78, 5) is 0. The molecule has 0 saturated heterocycles. The zero-order valence-electron chi connectivity index (χ0n) is 15.0. The van der Waals surface area contributed by atoms with E-state index in [1.807, 2.05) is 0 Å². The molecule has 1 aromatic rings. The second kappa shape index (κ2) is 6.69. The molecule has 22 heavy (non-hydrogen) atoms. The van der Waals surface area contributed by atoms with Gasteiger partial charge >= 0.3 is 0 Å². The fourth-order valence-electron chi connectivity index (χ4n) is 3.55. The second-order valence-corrected chi connectivity index (χ2v) is 17.0. The van der Waals surface area contributed by atoms with Gasteiger partial charge < -0.3 is 4.65 Å². The van der Waals surface area contributed by atoms with E-state index >= 15 is 0 Å². The molecule has 0 heterocycles. The third-order valence-electron chi connectivity index (χ3n) is 4.24. The minimum absolute atomic E-state index is 0.716. The lowest BCUT2D eigenvalue weighted by Gasteiger charge is -2.38. The van der Waals surface area contributed by atoms with Crippen molar-refractivity contribution in [1.29, 1.82) is 0 Å². The van der Waals surface area contributed by atoms with E-state index in [4.69, 9.17) is 0 Å². The van der Waals surface area contributed by atoms with Gasteiger partial charge in [0.2, 0.25) is 0 Å². The highest BCUT2D eigenvalue weighted by molar-refractivity contribution is 7.02. The molecular formula is C19H31NSi2. The van der Waals surface area contributed by atoms with E-state index in [0.717, 1.165) is 6.42 Å². The van der Waals surface area contributed by atoms with Crippen LogP contribution < -0.4 is 9.83 Å². The van der Waals surface area contributed by atoms with Crippen LogP contribution in [0.3, 0.4) is 0 Å². The van der Waals surface area contributed by atoms with E-state index < -0.39 is 16.5 Å². The van der Waals surface area contributed by atoms with Crippen molar-refractivity contribution in [1.82, 2.24) is 4.65 Å². The molecule has 120 valence electrons. The molecule has 1 aromatic carbocycles. The predicted octanol–water partition coefficient (Wildman–Crippen LogP) is 4.74. The lowest BCUT2D eigenvalue weighted by Crippen LogP contribution is -2.67. The molecule has 0 radical (unpaired) electrons. The summed E-state index contributed by atoms with van der Waals surface area (Å²) in [7, 11) is -3.19. The van der Waals surface area contributed by atoms with Gasteiger partial charge in [-0.15, -0.1) is 0 Å². The molecule has 1 nitrogen and oxygen atoms in total. The molecule has 0 amide bonds. The molecule has 3 heteroatoms. The van der Waals surface area contributed by atoms with Crippen LogP contribution in [-0.4, -0.2) is 16.5 Å². The SMILES string of the molecule is CC(C)CC1=C([Si](C)(N[Si](C)(C)C)c2ccccc2)CC=C1. The summed E-state index contributed by atoms with van der Waals surface area (Å²) in [6.45, 7) is 14.4. The Hall–Kier alpha value is -0.906. The number of rotatable bonds is 6. The molecule has 0 fully saturated rings. The van der Waals surface area contributed by atoms with Crippen molar-refractivity contribution in [3.63, 3.8) is 0 Å². The molecule has 1 atom stereocenters. The van der Waals surface area contributed by atoms with Gasteiger partial charge in [-0.3, -0.25) is 0 Å². The topological polar surface area (TPSA) is 12.0 Å². The van der Waals surface area contributed by atoms with Gasteiger partial charge in [-0.2, -0.15) is 0 Å². The molecule has 0 saturated carbocycles. The van der Waals surface area contributed by atoms with Crippen molar-refractivity contribution >= 4 is 21.7 Å². The molecule has 1 aliphatic carbocycles. The predicted molar refractivity (Wildman–Crippen MR) is 104 cm³/mol. The van der Waals surface area contributed by atoms with Gasteiger partial charge in [-0.05, 0) is 30.5 Å². The molecule has 0 aromatic heterocycles. The number of allylic oxidation sites excluding steroid dienone is 4. The monoisotopic (exact) mass is 329 g/mol. The summed E-state index contributed by atoms with van der Waals surface area (Å²) in [6.07, 6.45) is 7.09. The second-order valence-electron chi connectivity index (χ2n) is 8.07. The van der Waals surface area contributed by atoms with Crippen LogP contribution >= 0.6 is 0 Å². The fourth-order valence-corrected chi connectivity index (χ4v) is 13.3. The van der Waals surface area contributed by atoms with Gasteiger partial charge in [0.1, 0.15) is 8.24 Å². The Kier molecular flexibility index (Phi) is 5.30. The van der Waals surface area contributed by atoms with Gasteiger partial charge in [0.25, 0.3) is 0 Å². The van der Waals surface area contributed by atoms with E-state index in [-0.39, 0.29) is 0 Å². The lowest BCUT2D eigenvalue weighted by atomic mass is 10.0. The Morgan fingerprint density at radius 1 is 1.05 bits per heavy atom. The maximum Gasteiger partial charge on any atom is 0.176 e. The van der Waals surface area contributed by atoms with Crippen LogP contribution in [0.2, 0.25) is 26.2 Å². The largest absolute Gasteiger partial charge is 0.353 e. The normalized spacial score (nSPS) is 18.1. The maximum absolute atomic E-state index is 4.17. The standard InChI is InChI=1S/C19H31NSi2/c1-16(2)15-17-11-10-14-19(17)22(6,20-21(3,4)5)18-12-8-7-9-13-18/h7-13,16,20H,14-15H2,1-6H3. The first-order chi connectivity index (χ1) is 10.2. The van der Waals surface area contributed by atoms with Crippen molar-refractivity contribution in [2.24, 2.45) is 5.92 Å². The van der Waals surface area contributed by atoms with Crippen molar-refractivity contribution in [3.05, 3.63) is 53.3 Å². The highest BCUT2D eigenvalue weighted by Gasteiger charge is 2.39. The zero-order valence-corrected chi connectivity index (χ0v) is 17.0. The van der Waals surface area contributed by atoms with Crippen LogP contribution in [-0.2, 0) is 0 Å². The number of benzene rings is 1. The van der Waals surface area contributed by atoms with Gasteiger partial charge in [0.15, 0.2) is 8.24 Å². The Morgan fingerprint density at radius 2 is 1.68 bits per heavy atom. The molecule has 1 aliphatic rings. The van der Waals surface area contributed by atoms with Gasteiger partial charge in [-0.25, -0.2) is 0 Å². The Morgan fingerprint density at radius 3 is 2.23 bits per heavy atom. The fraction of sp³-hybridized carbons (Fsp3) is 0.474. The smallest absolute Gasteiger partial charge is 0.176 e. The van der Waals surface area contributed by atoms with Crippen molar-refractivity contribution < 1.29 is 0 Å². The van der Waals surface area contributed by atoms with E-state index in [0.29, 0.717) is 5.92 Å². The van der Waals surface area contributed by atoms with Crippen molar-refractivity contribution in [2.75, 3.05) is 0 Å². The zero-order chi connectivity index (χ0) is 16.4. The Balaban J connectivity index is 2.50. The lowest BCUT2D eigenvalue weighted by molar-refractivity contribution is 0.649. The average Bonchev–Trinajstić information content (AvgIpc) is 2.85. The van der Waals surface area contributed by atoms with Gasteiger partial charge in [-0.1, -0.05) is 86.7 Å². The Bertz CT molecular complexity index is 567. The summed E-state index contributed by atoms with van der Waals surface area (Å²) in [5, 5.41) is 3.23. The van der Waals surface area contributed by atoms with Crippen LogP contribution in [0.25, 0.3) is 0 Å². The van der Waals surface area contributed by atoms with E-state index in [1.165, 1.54) is 11.6 Å². The Labute approximate surface area is 138 Å². The van der Waals surface area contributed by atoms with Gasteiger partial charge in [0.05, 0.1) is 0 Å². The molecular weight excluding hydrogens is 298 g/mol. The first kappa shape index (κ1) is 17.4. The van der Waals surface area contributed by atoms with Crippen molar-refractivity contribution in [2.45, 2.75) is 52.9 Å². The van der Waals surface area contributed by atoms with Crippen molar-refractivity contribution in [3.8, 4) is 0 Å². The molecule has 0 bridgehead atoms. The average molecular weight is 330 g/mol. The van der Waals surface area contributed by atoms with Crippen LogP contribution in [0.4, 0.5) is 0 Å². The molecule has 1 N–H and O–H groups in total. The summed E-state index contributed by atoms with van der Waals surface area (Å²) in [5.41, 5.74) is 1.60. The minimum Gasteiger partial charge on any atom is -0.353 e. The number of hydrogen-bond acceptors (Lipinski definition) is 1. The van der Waals surface area contributed by atoms with E-state index in [2.05, 4.69) is 87.2 Å². The maximum atomic E-state index is 4.17. The highest BCUT2D eigenvalue weighted by Crippen LogP contribution is 2.31. The first-order valence-corrected chi connectivity index (χ1v) is 14.5. The highest BCUT2D eigenvalue weighted by atomic mass is 28.4. The van der Waals surface area contributed by atoms with E-state index in [1.54, 1.807) is 10.8 Å².